The van der Waals surface area contributed by atoms with E-state index in [-0.39, 0.29) is 5.91 Å². The molecule has 2 aromatic carbocycles. The molecule has 0 aromatic heterocycles. The van der Waals surface area contributed by atoms with Gasteiger partial charge in [0, 0.05) is 12.1 Å². The van der Waals surface area contributed by atoms with Crippen molar-refractivity contribution < 1.29 is 14.3 Å². The van der Waals surface area contributed by atoms with Gasteiger partial charge in [0.1, 0.15) is 11.5 Å². The van der Waals surface area contributed by atoms with Gasteiger partial charge >= 0.3 is 0 Å². The molecule has 0 atom stereocenters. The van der Waals surface area contributed by atoms with Crippen molar-refractivity contribution in [3.8, 4) is 11.5 Å². The molecule has 0 saturated carbocycles. The first kappa shape index (κ1) is 17.2. The van der Waals surface area contributed by atoms with Gasteiger partial charge in [0.2, 0.25) is 5.91 Å². The Morgan fingerprint density at radius 2 is 1.83 bits per heavy atom. The predicted molar refractivity (Wildman–Crippen MR) is 93.7 cm³/mol. The summed E-state index contributed by atoms with van der Waals surface area (Å²) in [6.07, 6.45) is 3.04. The lowest BCUT2D eigenvalue weighted by Crippen LogP contribution is -2.09. The van der Waals surface area contributed by atoms with Crippen LogP contribution in [0.2, 0.25) is 10.0 Å². The summed E-state index contributed by atoms with van der Waals surface area (Å²) in [7, 11) is 3.08. The van der Waals surface area contributed by atoms with Gasteiger partial charge in [0.05, 0.1) is 30.0 Å². The van der Waals surface area contributed by atoms with Gasteiger partial charge in [0.15, 0.2) is 0 Å². The van der Waals surface area contributed by atoms with Crippen LogP contribution in [-0.2, 0) is 4.79 Å². The second-order valence-corrected chi connectivity index (χ2v) is 5.38. The molecule has 2 aromatic rings. The number of anilines is 1. The lowest BCUT2D eigenvalue weighted by atomic mass is 10.2. The fourth-order valence-corrected chi connectivity index (χ4v) is 2.18. The van der Waals surface area contributed by atoms with Gasteiger partial charge in [-0.2, -0.15) is 0 Å². The highest BCUT2D eigenvalue weighted by Crippen LogP contribution is 2.29. The van der Waals surface area contributed by atoms with Crippen LogP contribution in [0, 0.1) is 0 Å². The van der Waals surface area contributed by atoms with Crippen LogP contribution >= 0.6 is 23.2 Å². The zero-order chi connectivity index (χ0) is 16.8. The average Bonchev–Trinajstić information content (AvgIpc) is 2.55. The van der Waals surface area contributed by atoms with Crippen molar-refractivity contribution in [1.29, 1.82) is 0 Å². The lowest BCUT2D eigenvalue weighted by molar-refractivity contribution is -0.111. The van der Waals surface area contributed by atoms with E-state index in [9.17, 15) is 4.79 Å². The van der Waals surface area contributed by atoms with Crippen LogP contribution in [-0.4, -0.2) is 20.1 Å². The molecule has 120 valence electrons. The van der Waals surface area contributed by atoms with E-state index >= 15 is 0 Å². The summed E-state index contributed by atoms with van der Waals surface area (Å²) in [5.74, 6) is 0.860. The number of amides is 1. The van der Waals surface area contributed by atoms with Gasteiger partial charge in [-0.1, -0.05) is 29.3 Å². The Labute approximate surface area is 144 Å². The highest BCUT2D eigenvalue weighted by molar-refractivity contribution is 6.42. The molecule has 23 heavy (non-hydrogen) atoms. The number of rotatable bonds is 5. The Hall–Kier alpha value is -2.17. The molecule has 0 fully saturated rings. The third-order valence-electron chi connectivity index (χ3n) is 3.04. The first-order valence-electron chi connectivity index (χ1n) is 6.69. The average molecular weight is 352 g/mol. The van der Waals surface area contributed by atoms with E-state index in [1.807, 2.05) is 0 Å². The maximum Gasteiger partial charge on any atom is 0.248 e. The van der Waals surface area contributed by atoms with Crippen molar-refractivity contribution in [2.45, 2.75) is 0 Å². The van der Waals surface area contributed by atoms with Crippen LogP contribution in [0.25, 0.3) is 6.08 Å². The summed E-state index contributed by atoms with van der Waals surface area (Å²) in [5.41, 5.74) is 1.29. The van der Waals surface area contributed by atoms with Crippen molar-refractivity contribution in [2.75, 3.05) is 19.5 Å². The van der Waals surface area contributed by atoms with Gasteiger partial charge < -0.3 is 14.8 Å². The quantitative estimate of drug-likeness (QED) is 0.796. The topological polar surface area (TPSA) is 47.6 Å². The van der Waals surface area contributed by atoms with Crippen LogP contribution in [0.4, 0.5) is 5.69 Å². The Bertz CT molecular complexity index is 745. The summed E-state index contributed by atoms with van der Waals surface area (Å²) < 4.78 is 10.3. The van der Waals surface area contributed by atoms with E-state index in [1.165, 1.54) is 13.2 Å². The molecule has 0 aliphatic carbocycles. The number of halogens is 2. The summed E-state index contributed by atoms with van der Waals surface area (Å²) in [6, 6.07) is 10.3. The Morgan fingerprint density at radius 3 is 2.48 bits per heavy atom. The maximum atomic E-state index is 12.1. The minimum atomic E-state index is -0.303. The monoisotopic (exact) mass is 351 g/mol. The van der Waals surface area contributed by atoms with Gasteiger partial charge in [-0.25, -0.2) is 0 Å². The Kier molecular flexibility index (Phi) is 5.90. The number of nitrogens with one attached hydrogen (secondary N) is 1. The Morgan fingerprint density at radius 1 is 1.04 bits per heavy atom. The molecule has 0 unspecified atom stereocenters. The van der Waals surface area contributed by atoms with E-state index in [1.54, 1.807) is 49.6 Å². The number of methoxy groups -OCH3 is 2. The first-order chi connectivity index (χ1) is 11.0. The number of ether oxygens (including phenoxy) is 2. The van der Waals surface area contributed by atoms with E-state index < -0.39 is 0 Å². The zero-order valence-corrected chi connectivity index (χ0v) is 14.1. The van der Waals surface area contributed by atoms with Crippen LogP contribution in [0.1, 0.15) is 5.56 Å². The van der Waals surface area contributed by atoms with Crippen molar-refractivity contribution in [1.82, 2.24) is 0 Å². The normalized spacial score (nSPS) is 10.6. The molecule has 1 amide bonds. The highest BCUT2D eigenvalue weighted by Gasteiger charge is 2.07. The molecule has 4 nitrogen and oxygen atoms in total. The number of carbonyl (C=O) groups excluding carboxylic acids is 1. The summed E-state index contributed by atoms with van der Waals surface area (Å²) in [6.45, 7) is 0. The van der Waals surface area contributed by atoms with Gasteiger partial charge in [-0.05, 0) is 35.9 Å². The van der Waals surface area contributed by atoms with E-state index in [4.69, 9.17) is 32.7 Å². The molecule has 0 bridgehead atoms. The minimum Gasteiger partial charge on any atom is -0.497 e. The third-order valence-corrected chi connectivity index (χ3v) is 3.77. The van der Waals surface area contributed by atoms with Gasteiger partial charge in [-0.3, -0.25) is 4.79 Å². The van der Waals surface area contributed by atoms with Crippen LogP contribution in [0.5, 0.6) is 11.5 Å². The molecule has 2 rings (SSSR count). The Balaban J connectivity index is 2.12. The zero-order valence-electron chi connectivity index (χ0n) is 12.6. The summed E-state index contributed by atoms with van der Waals surface area (Å²) >= 11 is 11.8. The second kappa shape index (κ2) is 7.90. The van der Waals surface area contributed by atoms with Crippen molar-refractivity contribution in [3.63, 3.8) is 0 Å². The largest absolute Gasteiger partial charge is 0.497 e. The fourth-order valence-electron chi connectivity index (χ4n) is 1.87. The van der Waals surface area contributed by atoms with Gasteiger partial charge in [0.25, 0.3) is 0 Å². The minimum absolute atomic E-state index is 0.303. The molecule has 6 heteroatoms. The smallest absolute Gasteiger partial charge is 0.248 e. The SMILES string of the molecule is COc1ccc(OC)c(NC(=O)C=Cc2ccc(Cl)c(Cl)c2)c1. The molecule has 0 spiro atoms. The van der Waals surface area contributed by atoms with E-state index in [0.717, 1.165) is 5.56 Å². The molecule has 0 saturated heterocycles. The molecule has 0 aliphatic heterocycles. The maximum absolute atomic E-state index is 12.1. The molecular weight excluding hydrogens is 337 g/mol. The van der Waals surface area contributed by atoms with Crippen molar-refractivity contribution in [3.05, 3.63) is 58.1 Å². The fraction of sp³-hybridized carbons (Fsp3) is 0.118. The molecule has 1 N–H and O–H groups in total. The molecule has 0 heterocycles. The third kappa shape index (κ3) is 4.65. The van der Waals surface area contributed by atoms with Crippen molar-refractivity contribution in [2.24, 2.45) is 0 Å². The van der Waals surface area contributed by atoms with Gasteiger partial charge in [-0.15, -0.1) is 0 Å². The van der Waals surface area contributed by atoms with Crippen LogP contribution < -0.4 is 14.8 Å². The van der Waals surface area contributed by atoms with E-state index in [2.05, 4.69) is 5.32 Å². The number of benzene rings is 2. The summed E-state index contributed by atoms with van der Waals surface area (Å²) in [4.78, 5) is 12.1. The lowest BCUT2D eigenvalue weighted by Gasteiger charge is -2.10. The summed E-state index contributed by atoms with van der Waals surface area (Å²) in [5, 5.41) is 3.64. The number of hydrogen-bond acceptors (Lipinski definition) is 3. The van der Waals surface area contributed by atoms with Crippen LogP contribution in [0.3, 0.4) is 0 Å². The second-order valence-electron chi connectivity index (χ2n) is 4.56. The number of hydrogen-bond donors (Lipinski definition) is 1. The van der Waals surface area contributed by atoms with E-state index in [0.29, 0.717) is 27.2 Å². The van der Waals surface area contributed by atoms with Crippen LogP contribution in [0.15, 0.2) is 42.5 Å². The molecule has 0 radical (unpaired) electrons. The standard InChI is InChI=1S/C17H15Cl2NO3/c1-22-12-5-7-16(23-2)15(10-12)20-17(21)8-4-11-3-6-13(18)14(19)9-11/h3-10H,1-2H3,(H,20,21). The first-order valence-corrected chi connectivity index (χ1v) is 7.45. The molecule has 0 aliphatic rings. The highest BCUT2D eigenvalue weighted by atomic mass is 35.5. The molecular formula is C17H15Cl2NO3. The predicted octanol–water partition coefficient (Wildman–Crippen LogP) is 4.66. The number of carbonyl (C=O) groups is 1. The van der Waals surface area contributed by atoms with Crippen molar-refractivity contribution >= 4 is 40.9 Å².